The molecule has 17 heavy (non-hydrogen) atoms. The van der Waals surface area contributed by atoms with Gasteiger partial charge in [0.2, 0.25) is 0 Å². The second-order valence-electron chi connectivity index (χ2n) is 3.48. The van der Waals surface area contributed by atoms with Gasteiger partial charge in [-0.15, -0.1) is 0 Å². The molecule has 1 aromatic rings. The minimum absolute atomic E-state index is 0.0682. The molecule has 0 aromatic heterocycles. The SMILES string of the molecule is CCCCC(=O)Oc1c(C#N)cccc1C#N. The molecule has 0 aliphatic carbocycles. The molecule has 0 spiro atoms. The lowest BCUT2D eigenvalue weighted by molar-refractivity contribution is -0.134. The standard InChI is InChI=1S/C13H12N2O2/c1-2-3-7-12(16)17-13-10(8-14)5-4-6-11(13)9-15/h4-6H,2-3,7H2,1H3. The number of nitriles is 2. The topological polar surface area (TPSA) is 73.9 Å². The molecule has 0 fully saturated rings. The molecule has 1 rings (SSSR count). The van der Waals surface area contributed by atoms with E-state index in [-0.39, 0.29) is 16.9 Å². The lowest BCUT2D eigenvalue weighted by atomic mass is 10.1. The third kappa shape index (κ3) is 3.32. The first kappa shape index (κ1) is 12.7. The largest absolute Gasteiger partial charge is 0.424 e. The number of para-hydroxylation sites is 1. The van der Waals surface area contributed by atoms with Gasteiger partial charge < -0.3 is 4.74 Å². The minimum Gasteiger partial charge on any atom is -0.424 e. The van der Waals surface area contributed by atoms with Crippen molar-refractivity contribution in [2.75, 3.05) is 0 Å². The van der Waals surface area contributed by atoms with Crippen molar-refractivity contribution in [3.63, 3.8) is 0 Å². The molecule has 0 aliphatic heterocycles. The van der Waals surface area contributed by atoms with E-state index in [4.69, 9.17) is 15.3 Å². The van der Waals surface area contributed by atoms with Crippen LogP contribution in [0.3, 0.4) is 0 Å². The van der Waals surface area contributed by atoms with Gasteiger partial charge in [-0.1, -0.05) is 19.4 Å². The second-order valence-corrected chi connectivity index (χ2v) is 3.48. The molecule has 0 saturated carbocycles. The smallest absolute Gasteiger partial charge is 0.311 e. The first-order chi connectivity index (χ1) is 8.22. The van der Waals surface area contributed by atoms with Crippen molar-refractivity contribution in [2.24, 2.45) is 0 Å². The molecule has 0 saturated heterocycles. The number of carbonyl (C=O) groups is 1. The van der Waals surface area contributed by atoms with E-state index in [0.717, 1.165) is 12.8 Å². The van der Waals surface area contributed by atoms with Crippen molar-refractivity contribution in [1.82, 2.24) is 0 Å². The quantitative estimate of drug-likeness (QED) is 0.586. The highest BCUT2D eigenvalue weighted by molar-refractivity contribution is 5.74. The zero-order valence-corrected chi connectivity index (χ0v) is 9.56. The fourth-order valence-corrected chi connectivity index (χ4v) is 1.31. The summed E-state index contributed by atoms with van der Waals surface area (Å²) < 4.78 is 5.08. The lowest BCUT2D eigenvalue weighted by Gasteiger charge is -2.06. The number of esters is 1. The number of nitrogens with zero attached hydrogens (tertiary/aromatic N) is 2. The third-order valence-corrected chi connectivity index (χ3v) is 2.21. The van der Waals surface area contributed by atoms with Gasteiger partial charge >= 0.3 is 5.97 Å². The van der Waals surface area contributed by atoms with Crippen LogP contribution in [0, 0.1) is 22.7 Å². The first-order valence-corrected chi connectivity index (χ1v) is 5.36. The summed E-state index contributed by atoms with van der Waals surface area (Å²) >= 11 is 0. The van der Waals surface area contributed by atoms with Gasteiger partial charge in [-0.3, -0.25) is 4.79 Å². The Bertz CT molecular complexity index is 463. The molecule has 4 heteroatoms. The number of hydrogen-bond acceptors (Lipinski definition) is 4. The van der Waals surface area contributed by atoms with Gasteiger partial charge in [-0.2, -0.15) is 10.5 Å². The molecule has 0 heterocycles. The summed E-state index contributed by atoms with van der Waals surface area (Å²) in [6, 6.07) is 8.42. The van der Waals surface area contributed by atoms with Gasteiger partial charge in [0.05, 0.1) is 11.1 Å². The Labute approximate surface area is 100 Å². The van der Waals surface area contributed by atoms with Crippen LogP contribution in [-0.4, -0.2) is 5.97 Å². The van der Waals surface area contributed by atoms with Crippen LogP contribution in [0.5, 0.6) is 5.75 Å². The van der Waals surface area contributed by atoms with Gasteiger partial charge in [0.1, 0.15) is 12.1 Å². The van der Waals surface area contributed by atoms with E-state index in [9.17, 15) is 4.79 Å². The predicted octanol–water partition coefficient (Wildman–Crippen LogP) is 2.53. The van der Waals surface area contributed by atoms with Gasteiger partial charge in [-0.25, -0.2) is 0 Å². The van der Waals surface area contributed by atoms with Crippen LogP contribution in [0.1, 0.15) is 37.3 Å². The van der Waals surface area contributed by atoms with E-state index in [1.165, 1.54) is 12.1 Å². The molecular formula is C13H12N2O2. The number of benzene rings is 1. The average molecular weight is 228 g/mol. The second kappa shape index (κ2) is 6.30. The number of carbonyl (C=O) groups excluding carboxylic acids is 1. The van der Waals surface area contributed by atoms with E-state index in [1.54, 1.807) is 6.07 Å². The highest BCUT2D eigenvalue weighted by Gasteiger charge is 2.13. The summed E-state index contributed by atoms with van der Waals surface area (Å²) in [4.78, 5) is 11.5. The maximum atomic E-state index is 11.5. The Hall–Kier alpha value is -2.33. The van der Waals surface area contributed by atoms with Crippen molar-refractivity contribution in [3.05, 3.63) is 29.3 Å². The highest BCUT2D eigenvalue weighted by Crippen LogP contribution is 2.23. The number of rotatable bonds is 4. The normalized spacial score (nSPS) is 9.12. The fraction of sp³-hybridized carbons (Fsp3) is 0.308. The highest BCUT2D eigenvalue weighted by atomic mass is 16.5. The summed E-state index contributed by atoms with van der Waals surface area (Å²) in [5, 5.41) is 17.8. The molecule has 0 amide bonds. The minimum atomic E-state index is -0.411. The van der Waals surface area contributed by atoms with Crippen LogP contribution in [0.2, 0.25) is 0 Å². The van der Waals surface area contributed by atoms with Crippen molar-refractivity contribution in [2.45, 2.75) is 26.2 Å². The Morgan fingerprint density at radius 2 is 1.88 bits per heavy atom. The summed E-state index contributed by atoms with van der Waals surface area (Å²) in [6.45, 7) is 1.97. The van der Waals surface area contributed by atoms with Gasteiger partial charge in [0.15, 0.2) is 5.75 Å². The van der Waals surface area contributed by atoms with Crippen molar-refractivity contribution < 1.29 is 9.53 Å². The third-order valence-electron chi connectivity index (χ3n) is 2.21. The van der Waals surface area contributed by atoms with Gasteiger partial charge in [-0.05, 0) is 18.6 Å². The molecule has 86 valence electrons. The fourth-order valence-electron chi connectivity index (χ4n) is 1.31. The van der Waals surface area contributed by atoms with Crippen LogP contribution in [-0.2, 0) is 4.79 Å². The zero-order chi connectivity index (χ0) is 12.7. The molecule has 4 nitrogen and oxygen atoms in total. The number of ether oxygens (including phenoxy) is 1. The molecule has 0 radical (unpaired) electrons. The summed E-state index contributed by atoms with van der Waals surface area (Å²) in [7, 11) is 0. The van der Waals surface area contributed by atoms with Crippen molar-refractivity contribution in [3.8, 4) is 17.9 Å². The maximum Gasteiger partial charge on any atom is 0.311 e. The maximum absolute atomic E-state index is 11.5. The van der Waals surface area contributed by atoms with Crippen LogP contribution in [0.25, 0.3) is 0 Å². The van der Waals surface area contributed by atoms with Crippen molar-refractivity contribution >= 4 is 5.97 Å². The molecule has 0 aliphatic rings. The Balaban J connectivity index is 2.94. The number of hydrogen-bond donors (Lipinski definition) is 0. The summed E-state index contributed by atoms with van der Waals surface area (Å²) in [6.07, 6.45) is 1.91. The van der Waals surface area contributed by atoms with E-state index in [0.29, 0.717) is 6.42 Å². The monoisotopic (exact) mass is 228 g/mol. The van der Waals surface area contributed by atoms with E-state index in [2.05, 4.69) is 0 Å². The Morgan fingerprint density at radius 3 is 2.35 bits per heavy atom. The van der Waals surface area contributed by atoms with E-state index >= 15 is 0 Å². The molecule has 0 N–H and O–H groups in total. The lowest BCUT2D eigenvalue weighted by Crippen LogP contribution is -2.09. The Morgan fingerprint density at radius 1 is 1.29 bits per heavy atom. The van der Waals surface area contributed by atoms with E-state index in [1.807, 2.05) is 19.1 Å². The van der Waals surface area contributed by atoms with Crippen LogP contribution < -0.4 is 4.74 Å². The number of unbranched alkanes of at least 4 members (excludes halogenated alkanes) is 1. The van der Waals surface area contributed by atoms with Gasteiger partial charge in [0.25, 0.3) is 0 Å². The first-order valence-electron chi connectivity index (χ1n) is 5.36. The van der Waals surface area contributed by atoms with Gasteiger partial charge in [0, 0.05) is 6.42 Å². The van der Waals surface area contributed by atoms with Crippen LogP contribution in [0.15, 0.2) is 18.2 Å². The van der Waals surface area contributed by atoms with Crippen molar-refractivity contribution in [1.29, 1.82) is 10.5 Å². The summed E-state index contributed by atoms with van der Waals surface area (Å²) in [5.41, 5.74) is 0.405. The summed E-state index contributed by atoms with van der Waals surface area (Å²) in [5.74, 6) is -0.343. The molecule has 0 atom stereocenters. The Kier molecular flexibility index (Phi) is 4.72. The predicted molar refractivity (Wildman–Crippen MR) is 61.0 cm³/mol. The van der Waals surface area contributed by atoms with E-state index < -0.39 is 5.97 Å². The van der Waals surface area contributed by atoms with Crippen LogP contribution >= 0.6 is 0 Å². The molecule has 1 aromatic carbocycles. The average Bonchev–Trinajstić information content (AvgIpc) is 2.36. The van der Waals surface area contributed by atoms with Crippen LogP contribution in [0.4, 0.5) is 0 Å². The molecular weight excluding hydrogens is 216 g/mol. The zero-order valence-electron chi connectivity index (χ0n) is 9.56. The molecule has 0 unspecified atom stereocenters. The molecule has 0 bridgehead atoms.